The molecule has 2 atom stereocenters. The molecule has 0 aliphatic carbocycles. The largest absolute Gasteiger partial charge is 0.503 e. The summed E-state index contributed by atoms with van der Waals surface area (Å²) in [6, 6.07) is 1.97. The van der Waals surface area contributed by atoms with Crippen LogP contribution in [-0.2, 0) is 6.54 Å². The molecule has 30 heavy (non-hydrogen) atoms. The third-order valence-corrected chi connectivity index (χ3v) is 5.65. The standard InChI is InChI=1S/C20H20F2N4O4/c1-2-25-8-11-6-13(23)15-14(17(27)18(28)16(20(25)30)26(11)15)19(29)24-7-9-3-4-10(21)5-12(9)22/h3-5,11,13,28H,2,6-8,23H2,1H3,(H,24,29)/t11?,13-/m0/s1. The predicted octanol–water partition coefficient (Wildman–Crippen LogP) is 1.18. The third-order valence-electron chi connectivity index (χ3n) is 5.65. The summed E-state index contributed by atoms with van der Waals surface area (Å²) in [5.74, 6) is -3.76. The van der Waals surface area contributed by atoms with Gasteiger partial charge in [-0.3, -0.25) is 14.4 Å². The number of likely N-dealkylation sites (N-methyl/N-ethyl adjacent to an activating group) is 1. The van der Waals surface area contributed by atoms with Crippen molar-refractivity contribution in [3.05, 3.63) is 62.6 Å². The monoisotopic (exact) mass is 418 g/mol. The number of aromatic hydroxyl groups is 1. The number of carbonyl (C=O) groups excluding carboxylic acids is 2. The van der Waals surface area contributed by atoms with Crippen molar-refractivity contribution < 1.29 is 23.5 Å². The topological polar surface area (TPSA) is 118 Å². The Bertz CT molecular complexity index is 1130. The molecule has 8 nitrogen and oxygen atoms in total. The fourth-order valence-corrected chi connectivity index (χ4v) is 4.22. The minimum atomic E-state index is -1.00. The number of amides is 2. The van der Waals surface area contributed by atoms with Crippen molar-refractivity contribution in [2.75, 3.05) is 13.1 Å². The molecule has 158 valence electrons. The lowest BCUT2D eigenvalue weighted by Crippen LogP contribution is -2.44. The number of aromatic nitrogens is 1. The second kappa shape index (κ2) is 7.21. The zero-order valence-electron chi connectivity index (χ0n) is 16.1. The van der Waals surface area contributed by atoms with Gasteiger partial charge >= 0.3 is 0 Å². The van der Waals surface area contributed by atoms with E-state index < -0.39 is 40.7 Å². The van der Waals surface area contributed by atoms with E-state index in [0.717, 1.165) is 6.07 Å². The summed E-state index contributed by atoms with van der Waals surface area (Å²) in [7, 11) is 0. The van der Waals surface area contributed by atoms with Gasteiger partial charge in [-0.05, 0) is 19.4 Å². The van der Waals surface area contributed by atoms with E-state index in [1.165, 1.54) is 15.5 Å². The van der Waals surface area contributed by atoms with Crippen molar-refractivity contribution >= 4 is 11.8 Å². The van der Waals surface area contributed by atoms with Crippen LogP contribution in [0.4, 0.5) is 8.78 Å². The van der Waals surface area contributed by atoms with E-state index in [1.54, 1.807) is 6.92 Å². The van der Waals surface area contributed by atoms with Crippen LogP contribution in [0.25, 0.3) is 0 Å². The van der Waals surface area contributed by atoms with Crippen LogP contribution in [-0.4, -0.2) is 39.5 Å². The number of benzene rings is 1. The van der Waals surface area contributed by atoms with Crippen LogP contribution < -0.4 is 16.5 Å². The minimum absolute atomic E-state index is 0.0272. The van der Waals surface area contributed by atoms with E-state index in [4.69, 9.17) is 5.73 Å². The normalized spacial score (nSPS) is 19.7. The summed E-state index contributed by atoms with van der Waals surface area (Å²) < 4.78 is 28.4. The van der Waals surface area contributed by atoms with Gasteiger partial charge in [-0.1, -0.05) is 6.07 Å². The maximum absolute atomic E-state index is 13.8. The van der Waals surface area contributed by atoms with Gasteiger partial charge < -0.3 is 25.6 Å². The maximum Gasteiger partial charge on any atom is 0.274 e. The number of nitrogens with two attached hydrogens (primary N) is 1. The smallest absolute Gasteiger partial charge is 0.274 e. The highest BCUT2D eigenvalue weighted by molar-refractivity contribution is 6.00. The molecule has 0 saturated heterocycles. The number of hydrogen-bond donors (Lipinski definition) is 3. The van der Waals surface area contributed by atoms with Crippen LogP contribution in [0, 0.1) is 11.6 Å². The third kappa shape index (κ3) is 2.95. The second-order valence-corrected chi connectivity index (χ2v) is 7.41. The first kappa shape index (κ1) is 20.0. The molecule has 0 fully saturated rings. The number of rotatable bonds is 4. The van der Waals surface area contributed by atoms with Crippen LogP contribution >= 0.6 is 0 Å². The van der Waals surface area contributed by atoms with Gasteiger partial charge in [0.2, 0.25) is 5.43 Å². The van der Waals surface area contributed by atoms with Gasteiger partial charge in [0.1, 0.15) is 17.2 Å². The summed E-state index contributed by atoms with van der Waals surface area (Å²) in [6.45, 7) is 2.24. The lowest BCUT2D eigenvalue weighted by Gasteiger charge is -2.33. The maximum atomic E-state index is 13.8. The van der Waals surface area contributed by atoms with Crippen molar-refractivity contribution in [3.63, 3.8) is 0 Å². The van der Waals surface area contributed by atoms with Gasteiger partial charge in [0, 0.05) is 37.3 Å². The van der Waals surface area contributed by atoms with Crippen molar-refractivity contribution in [3.8, 4) is 5.75 Å². The fraction of sp³-hybridized carbons (Fsp3) is 0.350. The Morgan fingerprint density at radius 2 is 2.07 bits per heavy atom. The minimum Gasteiger partial charge on any atom is -0.503 e. The van der Waals surface area contributed by atoms with Gasteiger partial charge in [-0.2, -0.15) is 0 Å². The molecule has 0 radical (unpaired) electrons. The molecule has 10 heteroatoms. The molecule has 2 aromatic rings. The molecule has 2 amide bonds. The van der Waals surface area contributed by atoms with Crippen LogP contribution in [0.1, 0.15) is 57.5 Å². The highest BCUT2D eigenvalue weighted by Crippen LogP contribution is 2.40. The molecule has 0 saturated carbocycles. The SMILES string of the molecule is CCN1CC2C[C@H](N)c3c(C(=O)NCc4ccc(F)cc4F)c(=O)c(O)c(n32)C1=O. The summed E-state index contributed by atoms with van der Waals surface area (Å²) in [6.07, 6.45) is 0.395. The number of nitrogens with zero attached hydrogens (tertiary/aromatic N) is 2. The molecule has 2 aliphatic rings. The van der Waals surface area contributed by atoms with Crippen LogP contribution in [0.3, 0.4) is 0 Å². The molecule has 4 rings (SSSR count). The van der Waals surface area contributed by atoms with E-state index in [2.05, 4.69) is 5.32 Å². The van der Waals surface area contributed by atoms with Gasteiger partial charge in [-0.15, -0.1) is 0 Å². The van der Waals surface area contributed by atoms with Crippen molar-refractivity contribution in [1.82, 2.24) is 14.8 Å². The predicted molar refractivity (Wildman–Crippen MR) is 102 cm³/mol. The molecule has 0 spiro atoms. The molecule has 0 bridgehead atoms. The van der Waals surface area contributed by atoms with Crippen LogP contribution in [0.15, 0.2) is 23.0 Å². The number of carbonyl (C=O) groups is 2. The highest BCUT2D eigenvalue weighted by Gasteiger charge is 2.43. The highest BCUT2D eigenvalue weighted by atomic mass is 19.1. The van der Waals surface area contributed by atoms with E-state index in [0.29, 0.717) is 25.6 Å². The molecule has 3 heterocycles. The zero-order chi connectivity index (χ0) is 21.7. The van der Waals surface area contributed by atoms with Crippen molar-refractivity contribution in [2.45, 2.75) is 32.0 Å². The van der Waals surface area contributed by atoms with Gasteiger partial charge in [-0.25, -0.2) is 8.78 Å². The quantitative estimate of drug-likeness (QED) is 0.689. The average molecular weight is 418 g/mol. The van der Waals surface area contributed by atoms with E-state index in [9.17, 15) is 28.3 Å². The van der Waals surface area contributed by atoms with Crippen molar-refractivity contribution in [2.24, 2.45) is 5.73 Å². The fourth-order valence-electron chi connectivity index (χ4n) is 4.22. The average Bonchev–Trinajstić information content (AvgIpc) is 3.02. The summed E-state index contributed by atoms with van der Waals surface area (Å²) >= 11 is 0. The molecule has 1 unspecified atom stereocenters. The van der Waals surface area contributed by atoms with Gasteiger partial charge in [0.15, 0.2) is 11.4 Å². The van der Waals surface area contributed by atoms with Crippen LogP contribution in [0.5, 0.6) is 5.75 Å². The lowest BCUT2D eigenvalue weighted by molar-refractivity contribution is 0.0675. The van der Waals surface area contributed by atoms with E-state index in [-0.39, 0.29) is 35.1 Å². The Labute approximate surface area is 169 Å². The van der Waals surface area contributed by atoms with Crippen LogP contribution in [0.2, 0.25) is 0 Å². The Morgan fingerprint density at radius 3 is 2.73 bits per heavy atom. The molecular weight excluding hydrogens is 398 g/mol. The number of halogens is 2. The number of nitrogens with one attached hydrogen (secondary N) is 1. The Kier molecular flexibility index (Phi) is 4.81. The number of hydrogen-bond acceptors (Lipinski definition) is 5. The lowest BCUT2D eigenvalue weighted by atomic mass is 10.0. The van der Waals surface area contributed by atoms with Crippen molar-refractivity contribution in [1.29, 1.82) is 0 Å². The molecule has 4 N–H and O–H groups in total. The Hall–Kier alpha value is -3.27. The second-order valence-electron chi connectivity index (χ2n) is 7.41. The van der Waals surface area contributed by atoms with E-state index in [1.807, 2.05) is 0 Å². The van der Waals surface area contributed by atoms with Gasteiger partial charge in [0.25, 0.3) is 11.8 Å². The number of pyridine rings is 1. The Morgan fingerprint density at radius 1 is 1.33 bits per heavy atom. The summed E-state index contributed by atoms with van der Waals surface area (Å²) in [4.78, 5) is 39.8. The zero-order valence-corrected chi connectivity index (χ0v) is 16.1. The first-order chi connectivity index (χ1) is 14.2. The Balaban J connectivity index is 1.75. The first-order valence-corrected chi connectivity index (χ1v) is 9.52. The molecule has 1 aromatic carbocycles. The van der Waals surface area contributed by atoms with E-state index >= 15 is 0 Å². The first-order valence-electron chi connectivity index (χ1n) is 9.52. The molecular formula is C20H20F2N4O4. The molecule has 2 aliphatic heterocycles. The molecule has 1 aromatic heterocycles. The summed E-state index contributed by atoms with van der Waals surface area (Å²) in [5.41, 5.74) is 4.86. The summed E-state index contributed by atoms with van der Waals surface area (Å²) in [5, 5.41) is 12.9. The van der Waals surface area contributed by atoms with Gasteiger partial charge in [0.05, 0.1) is 11.7 Å².